The van der Waals surface area contributed by atoms with E-state index in [9.17, 15) is 14.4 Å². The van der Waals surface area contributed by atoms with Crippen LogP contribution in [0.2, 0.25) is 0 Å². The highest BCUT2D eigenvalue weighted by atomic mass is 79.9. The number of fused-ring (bicyclic) bond motifs is 3. The Morgan fingerprint density at radius 2 is 1.92 bits per heavy atom. The first kappa shape index (κ1) is 33.4. The molecule has 13 heteroatoms. The number of nitrogens with one attached hydrogen (secondary N) is 1. The number of nitrogens with zero attached hydrogens (tertiary/aromatic N) is 6. The standard InChI is InChI=1S/C35H38BrN7O5/c1-21-9-10-30(36)39-33(21)40-34(46)28-15-35(4)19-42(28)31(45)18-43-27-14-29(48-12-8-6-5-7-11-47-20-35)25(24-16-37-23(3)38-17-24)13-26(27)32(41-43)22(2)44/h5,7,9-10,13-14,16-17,28H,6,8,11-12,15,18-20H2,1-4H3,(H,39,40,46)/b7-5+/t28-,35+/m0/s1. The van der Waals surface area contributed by atoms with Gasteiger partial charge in [-0.05, 0) is 66.7 Å². The average molecular weight is 717 g/mol. The van der Waals surface area contributed by atoms with E-state index in [1.54, 1.807) is 23.4 Å². The van der Waals surface area contributed by atoms with Gasteiger partial charge in [0.05, 0.1) is 25.3 Å². The first-order valence-electron chi connectivity index (χ1n) is 15.9. The van der Waals surface area contributed by atoms with E-state index in [4.69, 9.17) is 9.47 Å². The zero-order valence-electron chi connectivity index (χ0n) is 27.5. The number of Topliss-reactive ketones (excluding diaryl/α,β-unsaturated/α-hetero) is 1. The van der Waals surface area contributed by atoms with Gasteiger partial charge in [-0.2, -0.15) is 5.10 Å². The molecular weight excluding hydrogens is 678 g/mol. The summed E-state index contributed by atoms with van der Waals surface area (Å²) in [4.78, 5) is 55.6. The van der Waals surface area contributed by atoms with Crippen LogP contribution in [-0.2, 0) is 20.9 Å². The predicted octanol–water partition coefficient (Wildman–Crippen LogP) is 5.46. The van der Waals surface area contributed by atoms with Crippen LogP contribution in [0.3, 0.4) is 0 Å². The molecule has 12 nitrogen and oxygen atoms in total. The lowest BCUT2D eigenvalue weighted by molar-refractivity contribution is -0.137. The van der Waals surface area contributed by atoms with Gasteiger partial charge in [-0.3, -0.25) is 19.1 Å². The predicted molar refractivity (Wildman–Crippen MR) is 184 cm³/mol. The summed E-state index contributed by atoms with van der Waals surface area (Å²) in [6.45, 7) is 8.51. The highest BCUT2D eigenvalue weighted by Crippen LogP contribution is 2.38. The Labute approximate surface area is 287 Å². The topological polar surface area (TPSA) is 141 Å². The summed E-state index contributed by atoms with van der Waals surface area (Å²) >= 11 is 3.37. The number of carbonyl (C=O) groups excluding carboxylic acids is 3. The number of aromatic nitrogens is 5. The van der Waals surface area contributed by atoms with Crippen molar-refractivity contribution in [2.24, 2.45) is 5.41 Å². The van der Waals surface area contributed by atoms with E-state index in [2.05, 4.69) is 47.4 Å². The van der Waals surface area contributed by atoms with E-state index in [-0.39, 0.29) is 29.8 Å². The lowest BCUT2D eigenvalue weighted by atomic mass is 9.88. The van der Waals surface area contributed by atoms with Crippen LogP contribution in [-0.4, -0.2) is 79.6 Å². The Kier molecular flexibility index (Phi) is 9.70. The smallest absolute Gasteiger partial charge is 0.248 e. The van der Waals surface area contributed by atoms with E-state index in [1.165, 1.54) is 11.6 Å². The fraction of sp³-hybridized carbons (Fsp3) is 0.400. The van der Waals surface area contributed by atoms with Crippen LogP contribution in [0, 0.1) is 19.3 Å². The largest absolute Gasteiger partial charge is 0.493 e. The second kappa shape index (κ2) is 13.9. The third-order valence-corrected chi connectivity index (χ3v) is 9.15. The molecule has 1 N–H and O–H groups in total. The Hall–Kier alpha value is -4.49. The molecule has 3 aromatic heterocycles. The van der Waals surface area contributed by atoms with Gasteiger partial charge in [0.2, 0.25) is 11.8 Å². The van der Waals surface area contributed by atoms with Crippen molar-refractivity contribution >= 4 is 50.2 Å². The number of ether oxygens (including phenoxy) is 2. The molecule has 250 valence electrons. The molecule has 0 radical (unpaired) electrons. The lowest BCUT2D eigenvalue weighted by Gasteiger charge is -2.25. The van der Waals surface area contributed by atoms with Crippen molar-refractivity contribution in [1.82, 2.24) is 29.6 Å². The maximum atomic E-state index is 14.2. The number of hydrogen-bond acceptors (Lipinski definition) is 9. The summed E-state index contributed by atoms with van der Waals surface area (Å²) in [5.74, 6) is 0.744. The molecule has 4 aromatic rings. The number of amides is 2. The normalized spacial score (nSPS) is 21.1. The number of rotatable bonds is 4. The van der Waals surface area contributed by atoms with E-state index in [0.29, 0.717) is 65.7 Å². The molecule has 0 spiro atoms. The van der Waals surface area contributed by atoms with Crippen LogP contribution >= 0.6 is 15.9 Å². The van der Waals surface area contributed by atoms with Crippen LogP contribution in [0.1, 0.15) is 55.0 Å². The molecule has 2 amide bonds. The van der Waals surface area contributed by atoms with Crippen LogP contribution in [0.25, 0.3) is 22.0 Å². The Morgan fingerprint density at radius 3 is 2.69 bits per heavy atom. The number of hydrogen-bond donors (Lipinski definition) is 1. The fourth-order valence-electron chi connectivity index (χ4n) is 6.21. The SMILES string of the molecule is CC(=O)c1nn2c3cc(c(-c4cnc(C)nc4)cc13)OCCC/C=C/COC[C@]1(C)C[C@@H](C(=O)Nc3nc(Br)ccc3C)N(C1)C(=O)C2. The van der Waals surface area contributed by atoms with E-state index < -0.39 is 11.5 Å². The molecule has 0 aliphatic carbocycles. The quantitative estimate of drug-likeness (QED) is 0.166. The molecule has 1 saturated heterocycles. The average Bonchev–Trinajstić information content (AvgIpc) is 3.59. The summed E-state index contributed by atoms with van der Waals surface area (Å²) in [7, 11) is 0. The van der Waals surface area contributed by atoms with Gasteiger partial charge < -0.3 is 19.7 Å². The van der Waals surface area contributed by atoms with Gasteiger partial charge in [-0.1, -0.05) is 25.1 Å². The van der Waals surface area contributed by atoms with Crippen LogP contribution in [0.5, 0.6) is 5.75 Å². The van der Waals surface area contributed by atoms with Crippen molar-refractivity contribution in [2.75, 3.05) is 31.7 Å². The Balaban J connectivity index is 1.40. The second-order valence-electron chi connectivity index (χ2n) is 12.8. The van der Waals surface area contributed by atoms with Crippen LogP contribution in [0.4, 0.5) is 5.82 Å². The summed E-state index contributed by atoms with van der Waals surface area (Å²) in [6, 6.07) is 6.57. The monoisotopic (exact) mass is 715 g/mol. The van der Waals surface area contributed by atoms with Gasteiger partial charge >= 0.3 is 0 Å². The molecule has 48 heavy (non-hydrogen) atoms. The maximum Gasteiger partial charge on any atom is 0.248 e. The van der Waals surface area contributed by atoms with E-state index in [0.717, 1.165) is 29.5 Å². The van der Waals surface area contributed by atoms with Crippen LogP contribution < -0.4 is 10.1 Å². The van der Waals surface area contributed by atoms with Gasteiger partial charge in [0.25, 0.3) is 0 Å². The number of aryl methyl sites for hydroxylation is 2. The second-order valence-corrected chi connectivity index (χ2v) is 13.6. The van der Waals surface area contributed by atoms with Gasteiger partial charge in [0.15, 0.2) is 5.78 Å². The molecule has 1 aromatic carbocycles. The van der Waals surface area contributed by atoms with Gasteiger partial charge in [0.1, 0.15) is 40.3 Å². The molecule has 6 rings (SSSR count). The van der Waals surface area contributed by atoms with Crippen molar-refractivity contribution in [1.29, 1.82) is 0 Å². The number of pyridine rings is 1. The maximum absolute atomic E-state index is 14.2. The zero-order chi connectivity index (χ0) is 34.0. The van der Waals surface area contributed by atoms with E-state index in [1.807, 2.05) is 45.0 Å². The molecular formula is C35H38BrN7O5. The molecule has 1 fully saturated rings. The molecule has 4 bridgehead atoms. The van der Waals surface area contributed by atoms with Gasteiger partial charge in [-0.25, -0.2) is 15.0 Å². The molecule has 0 saturated carbocycles. The third kappa shape index (κ3) is 7.16. The number of carbonyl (C=O) groups is 3. The minimum Gasteiger partial charge on any atom is -0.493 e. The first-order valence-corrected chi connectivity index (χ1v) is 16.7. The highest BCUT2D eigenvalue weighted by Gasteiger charge is 2.46. The summed E-state index contributed by atoms with van der Waals surface area (Å²) in [5, 5.41) is 8.15. The highest BCUT2D eigenvalue weighted by molar-refractivity contribution is 9.10. The zero-order valence-corrected chi connectivity index (χ0v) is 29.0. The molecule has 2 aliphatic heterocycles. The minimum atomic E-state index is -0.773. The van der Waals surface area contributed by atoms with Crippen molar-refractivity contribution in [3.8, 4) is 16.9 Å². The van der Waals surface area contributed by atoms with Crippen molar-refractivity contribution in [3.05, 3.63) is 70.5 Å². The van der Waals surface area contributed by atoms with Gasteiger partial charge in [-0.15, -0.1) is 0 Å². The third-order valence-electron chi connectivity index (χ3n) is 8.71. The number of benzene rings is 1. The molecule has 2 atom stereocenters. The fourth-order valence-corrected chi connectivity index (χ4v) is 6.52. The number of anilines is 1. The summed E-state index contributed by atoms with van der Waals surface area (Å²) < 4.78 is 14.5. The number of halogens is 1. The van der Waals surface area contributed by atoms with Crippen molar-refractivity contribution < 1.29 is 23.9 Å². The van der Waals surface area contributed by atoms with Gasteiger partial charge in [0, 0.05) is 53.9 Å². The number of allylic oxidation sites excluding steroid dienone is 1. The lowest BCUT2D eigenvalue weighted by Crippen LogP contribution is -2.45. The van der Waals surface area contributed by atoms with E-state index >= 15 is 0 Å². The summed E-state index contributed by atoms with van der Waals surface area (Å²) in [6.07, 6.45) is 9.46. The molecule has 2 aliphatic rings. The van der Waals surface area contributed by atoms with Crippen LogP contribution in [0.15, 0.2) is 53.4 Å². The number of ketones is 1. The minimum absolute atomic E-state index is 0.187. The Morgan fingerprint density at radius 1 is 1.12 bits per heavy atom. The van der Waals surface area contributed by atoms with Crippen molar-refractivity contribution in [3.63, 3.8) is 0 Å². The molecule has 0 unspecified atom stereocenters. The molecule has 5 heterocycles. The Bertz CT molecular complexity index is 1910. The summed E-state index contributed by atoms with van der Waals surface area (Å²) in [5.41, 5.74) is 2.58. The first-order chi connectivity index (χ1) is 23.0. The van der Waals surface area contributed by atoms with Crippen molar-refractivity contribution in [2.45, 2.75) is 59.5 Å².